The Kier molecular flexibility index (Phi) is 5.81. The fourth-order valence-electron chi connectivity index (χ4n) is 2.74. The number of nitrogens with zero attached hydrogens (tertiary/aromatic N) is 1. The third-order valence-electron chi connectivity index (χ3n) is 3.66. The maximum atomic E-state index is 12.3. The molecule has 0 aromatic heterocycles. The fourth-order valence-corrected chi connectivity index (χ4v) is 2.74. The topological polar surface area (TPSA) is 46.3 Å². The van der Waals surface area contributed by atoms with Gasteiger partial charge in [0, 0.05) is 19.1 Å². The highest BCUT2D eigenvalue weighted by molar-refractivity contribution is 5.79. The third-order valence-corrected chi connectivity index (χ3v) is 3.66. The lowest BCUT2D eigenvalue weighted by Gasteiger charge is -2.31. The molecule has 0 aromatic rings. The number of rotatable bonds is 6. The van der Waals surface area contributed by atoms with Crippen LogP contribution in [0, 0.1) is 5.92 Å². The van der Waals surface area contributed by atoms with Gasteiger partial charge in [-0.3, -0.25) is 4.79 Å². The van der Waals surface area contributed by atoms with Crippen molar-refractivity contribution >= 4 is 5.91 Å². The second-order valence-electron chi connectivity index (χ2n) is 4.78. The summed E-state index contributed by atoms with van der Waals surface area (Å²) in [6.07, 6.45) is 6.88. The highest BCUT2D eigenvalue weighted by atomic mass is 16.2. The first-order valence-corrected chi connectivity index (χ1v) is 6.75. The van der Waals surface area contributed by atoms with Crippen LogP contribution in [-0.2, 0) is 4.79 Å². The zero-order valence-corrected chi connectivity index (χ0v) is 10.7. The average Bonchev–Trinajstić information content (AvgIpc) is 2.80. The average molecular weight is 226 g/mol. The van der Waals surface area contributed by atoms with Crippen LogP contribution in [0.1, 0.15) is 52.4 Å². The Morgan fingerprint density at radius 1 is 1.38 bits per heavy atom. The SMILES string of the molecule is CCCC(CN)C(=O)N(CC)C1CCCC1. The van der Waals surface area contributed by atoms with Gasteiger partial charge in [0.1, 0.15) is 0 Å². The molecule has 0 aromatic carbocycles. The number of carbonyl (C=O) groups excluding carboxylic acids is 1. The van der Waals surface area contributed by atoms with E-state index in [-0.39, 0.29) is 5.92 Å². The van der Waals surface area contributed by atoms with E-state index in [4.69, 9.17) is 5.73 Å². The van der Waals surface area contributed by atoms with Crippen molar-refractivity contribution in [2.45, 2.75) is 58.4 Å². The summed E-state index contributed by atoms with van der Waals surface area (Å²) in [5.41, 5.74) is 5.70. The first-order chi connectivity index (χ1) is 7.74. The number of amides is 1. The molecule has 0 heterocycles. The van der Waals surface area contributed by atoms with Crippen molar-refractivity contribution in [3.05, 3.63) is 0 Å². The van der Waals surface area contributed by atoms with Crippen LogP contribution in [0.3, 0.4) is 0 Å². The zero-order valence-electron chi connectivity index (χ0n) is 10.7. The van der Waals surface area contributed by atoms with E-state index in [0.717, 1.165) is 19.4 Å². The summed E-state index contributed by atoms with van der Waals surface area (Å²) < 4.78 is 0. The standard InChI is InChI=1S/C13H26N2O/c1-3-7-11(10-14)13(16)15(4-2)12-8-5-6-9-12/h11-12H,3-10,14H2,1-2H3. The Labute approximate surface area is 99.4 Å². The van der Waals surface area contributed by atoms with Crippen LogP contribution in [0.2, 0.25) is 0 Å². The Morgan fingerprint density at radius 3 is 2.44 bits per heavy atom. The van der Waals surface area contributed by atoms with Crippen LogP contribution in [0.5, 0.6) is 0 Å². The summed E-state index contributed by atoms with van der Waals surface area (Å²) in [6, 6.07) is 0.489. The second kappa shape index (κ2) is 6.89. The number of hydrogen-bond acceptors (Lipinski definition) is 2. The van der Waals surface area contributed by atoms with Crippen LogP contribution in [0.4, 0.5) is 0 Å². The van der Waals surface area contributed by atoms with Gasteiger partial charge in [0.15, 0.2) is 0 Å². The van der Waals surface area contributed by atoms with Crippen LogP contribution in [-0.4, -0.2) is 29.9 Å². The van der Waals surface area contributed by atoms with Crippen molar-refractivity contribution in [3.8, 4) is 0 Å². The molecule has 0 saturated heterocycles. The van der Waals surface area contributed by atoms with Crippen LogP contribution >= 0.6 is 0 Å². The molecule has 0 spiro atoms. The van der Waals surface area contributed by atoms with Crippen molar-refractivity contribution in [2.75, 3.05) is 13.1 Å². The van der Waals surface area contributed by atoms with E-state index in [2.05, 4.69) is 18.7 Å². The highest BCUT2D eigenvalue weighted by Crippen LogP contribution is 2.25. The number of carbonyl (C=O) groups is 1. The summed E-state index contributed by atoms with van der Waals surface area (Å²) >= 11 is 0. The molecular weight excluding hydrogens is 200 g/mol. The summed E-state index contributed by atoms with van der Waals surface area (Å²) in [6.45, 7) is 5.52. The molecule has 0 aliphatic heterocycles. The lowest BCUT2D eigenvalue weighted by molar-refractivity contribution is -0.137. The van der Waals surface area contributed by atoms with Crippen molar-refractivity contribution < 1.29 is 4.79 Å². The molecule has 1 fully saturated rings. The molecule has 0 bridgehead atoms. The molecule has 16 heavy (non-hydrogen) atoms. The number of nitrogens with two attached hydrogens (primary N) is 1. The fraction of sp³-hybridized carbons (Fsp3) is 0.923. The molecule has 1 rings (SSSR count). The quantitative estimate of drug-likeness (QED) is 0.754. The molecule has 1 aliphatic carbocycles. The largest absolute Gasteiger partial charge is 0.340 e. The normalized spacial score (nSPS) is 18.7. The maximum Gasteiger partial charge on any atom is 0.227 e. The summed E-state index contributed by atoms with van der Waals surface area (Å²) in [5.74, 6) is 0.337. The highest BCUT2D eigenvalue weighted by Gasteiger charge is 2.29. The monoisotopic (exact) mass is 226 g/mol. The van der Waals surface area contributed by atoms with Crippen LogP contribution in [0.25, 0.3) is 0 Å². The molecule has 2 N–H and O–H groups in total. The van der Waals surface area contributed by atoms with E-state index in [1.54, 1.807) is 0 Å². The van der Waals surface area contributed by atoms with Gasteiger partial charge in [-0.05, 0) is 26.2 Å². The van der Waals surface area contributed by atoms with E-state index < -0.39 is 0 Å². The van der Waals surface area contributed by atoms with Gasteiger partial charge in [0.25, 0.3) is 0 Å². The van der Waals surface area contributed by atoms with Gasteiger partial charge in [-0.15, -0.1) is 0 Å². The Bertz CT molecular complexity index is 212. The van der Waals surface area contributed by atoms with Crippen molar-refractivity contribution in [2.24, 2.45) is 11.7 Å². The molecule has 1 atom stereocenters. The smallest absolute Gasteiger partial charge is 0.227 e. The summed E-state index contributed by atoms with van der Waals surface area (Å²) in [5, 5.41) is 0. The Morgan fingerprint density at radius 2 is 2.00 bits per heavy atom. The van der Waals surface area contributed by atoms with E-state index in [9.17, 15) is 4.79 Å². The molecule has 0 radical (unpaired) electrons. The minimum Gasteiger partial charge on any atom is -0.340 e. The van der Waals surface area contributed by atoms with Crippen molar-refractivity contribution in [1.29, 1.82) is 0 Å². The Balaban J connectivity index is 2.59. The van der Waals surface area contributed by atoms with Gasteiger partial charge in [-0.2, -0.15) is 0 Å². The van der Waals surface area contributed by atoms with Gasteiger partial charge >= 0.3 is 0 Å². The van der Waals surface area contributed by atoms with E-state index in [0.29, 0.717) is 18.5 Å². The predicted molar refractivity (Wildman–Crippen MR) is 67.1 cm³/mol. The number of hydrogen-bond donors (Lipinski definition) is 1. The predicted octanol–water partition coefficient (Wildman–Crippen LogP) is 2.15. The first-order valence-electron chi connectivity index (χ1n) is 6.75. The summed E-state index contributed by atoms with van der Waals surface area (Å²) in [7, 11) is 0. The summed E-state index contributed by atoms with van der Waals surface area (Å²) in [4.78, 5) is 14.4. The Hall–Kier alpha value is -0.570. The first kappa shape index (κ1) is 13.5. The molecule has 1 unspecified atom stereocenters. The molecular formula is C13H26N2O. The van der Waals surface area contributed by atoms with Crippen LogP contribution < -0.4 is 5.73 Å². The zero-order chi connectivity index (χ0) is 12.0. The molecule has 3 heteroatoms. The van der Waals surface area contributed by atoms with Gasteiger partial charge in [0.2, 0.25) is 5.91 Å². The molecule has 3 nitrogen and oxygen atoms in total. The minimum absolute atomic E-state index is 0.0468. The lowest BCUT2D eigenvalue weighted by Crippen LogP contribution is -2.44. The van der Waals surface area contributed by atoms with E-state index in [1.807, 2.05) is 0 Å². The van der Waals surface area contributed by atoms with E-state index in [1.165, 1.54) is 25.7 Å². The van der Waals surface area contributed by atoms with Gasteiger partial charge in [0.05, 0.1) is 5.92 Å². The van der Waals surface area contributed by atoms with Gasteiger partial charge < -0.3 is 10.6 Å². The molecule has 1 aliphatic rings. The molecule has 1 amide bonds. The van der Waals surface area contributed by atoms with Crippen molar-refractivity contribution in [1.82, 2.24) is 4.90 Å². The van der Waals surface area contributed by atoms with Crippen molar-refractivity contribution in [3.63, 3.8) is 0 Å². The maximum absolute atomic E-state index is 12.3. The van der Waals surface area contributed by atoms with Gasteiger partial charge in [-0.1, -0.05) is 26.2 Å². The van der Waals surface area contributed by atoms with Gasteiger partial charge in [-0.25, -0.2) is 0 Å². The van der Waals surface area contributed by atoms with Crippen LogP contribution in [0.15, 0.2) is 0 Å². The minimum atomic E-state index is 0.0468. The lowest BCUT2D eigenvalue weighted by atomic mass is 10.0. The third kappa shape index (κ3) is 3.21. The second-order valence-corrected chi connectivity index (χ2v) is 4.78. The van der Waals surface area contributed by atoms with E-state index >= 15 is 0 Å². The molecule has 1 saturated carbocycles. The molecule has 94 valence electrons.